The van der Waals surface area contributed by atoms with Crippen LogP contribution in [0.2, 0.25) is 0 Å². The van der Waals surface area contributed by atoms with Gasteiger partial charge in [-0.3, -0.25) is 28.8 Å². The lowest BCUT2D eigenvalue weighted by Crippen LogP contribution is -2.65. The van der Waals surface area contributed by atoms with Gasteiger partial charge in [-0.05, 0) is 97.8 Å². The van der Waals surface area contributed by atoms with Gasteiger partial charge >= 0.3 is 0 Å². The highest BCUT2D eigenvalue weighted by molar-refractivity contribution is 5.88. The Hall–Kier alpha value is -3.44. The number of rotatable bonds is 2. The van der Waals surface area contributed by atoms with Crippen molar-refractivity contribution in [2.24, 2.45) is 35.5 Å². The highest BCUT2D eigenvalue weighted by atomic mass is 16.2. The summed E-state index contributed by atoms with van der Waals surface area (Å²) in [7, 11) is 0. The molecule has 6 aliphatic heterocycles. The Morgan fingerprint density at radius 1 is 0.429 bits per heavy atom. The van der Waals surface area contributed by atoms with Crippen molar-refractivity contribution in [2.45, 2.75) is 237 Å². The van der Waals surface area contributed by atoms with Gasteiger partial charge in [-0.25, -0.2) is 0 Å². The smallest absolute Gasteiger partial charge is 0.225 e. The van der Waals surface area contributed by atoms with Gasteiger partial charge in [0, 0.05) is 35.7 Å². The zero-order valence-corrected chi connectivity index (χ0v) is 39.8. The molecule has 356 valence electrons. The Labute approximate surface area is 380 Å². The minimum atomic E-state index is 0.0613. The van der Waals surface area contributed by atoms with Crippen LogP contribution in [0.4, 0.5) is 0 Å². The molecule has 12 heteroatoms. The van der Waals surface area contributed by atoms with E-state index < -0.39 is 0 Å². The average Bonchev–Trinajstić information content (AvgIpc) is 3.22. The number of nitrogens with one attached hydrogen (secondary N) is 6. The average molecular weight is 879 g/mol. The maximum absolute atomic E-state index is 11.4. The van der Waals surface area contributed by atoms with Crippen LogP contribution in [0.25, 0.3) is 0 Å². The second-order valence-corrected chi connectivity index (χ2v) is 20.7. The van der Waals surface area contributed by atoms with E-state index in [0.717, 1.165) is 57.8 Å². The molecule has 6 heterocycles. The van der Waals surface area contributed by atoms with E-state index in [1.54, 1.807) is 0 Å². The first-order valence-electron chi connectivity index (χ1n) is 25.8. The fourth-order valence-corrected chi connectivity index (χ4v) is 11.3. The van der Waals surface area contributed by atoms with Crippen LogP contribution in [0.5, 0.6) is 0 Å². The standard InChI is InChI=1S/C13H23NO.C9H15NO.C9H13NO.C7H11NO.C7H13NO.C6H11NO/c15-13-11-9-7-5-3-1-2-4-6-8-10-12(11)14-13;2*11-9-7-5-3-1-2-4-6-8(7)10-9;9-7-5-3-1-2-4-6(5)8-7;1-4-5-6(9)8-7(5,2)3;1-3-5-4(2)7-6(5)8/h11-12H,1-10H2,(H,14,15);7-8H,1-6H2,(H,10,11);1-2,7-8H,3-6H2,(H,10,11);5-6H,1-4H2,(H,8,9);5H,4H2,1-3H3,(H,8,9);4-5H,3H2,1-2H3,(H,7,8)/b;;2-1-;;;/t11?,12-;2*7?,8-;5?,6-;;4-,5?/m1111.0/s1. The number of carbonyl (C=O) groups excluding carboxylic acids is 6. The van der Waals surface area contributed by atoms with Crippen LogP contribution >= 0.6 is 0 Å². The Kier molecular flexibility index (Phi) is 20.3. The topological polar surface area (TPSA) is 175 Å². The summed E-state index contributed by atoms with van der Waals surface area (Å²) < 4.78 is 0. The van der Waals surface area contributed by atoms with Gasteiger partial charge < -0.3 is 31.9 Å². The Morgan fingerprint density at radius 2 is 0.778 bits per heavy atom. The summed E-state index contributed by atoms with van der Waals surface area (Å²) in [5.41, 5.74) is 0.0613. The number of carbonyl (C=O) groups is 6. The molecule has 0 spiro atoms. The van der Waals surface area contributed by atoms with E-state index in [1.807, 2.05) is 20.8 Å². The normalized spacial score (nSPS) is 36.3. The number of hydrogen-bond acceptors (Lipinski definition) is 6. The van der Waals surface area contributed by atoms with E-state index in [4.69, 9.17) is 0 Å². The Bertz CT molecular complexity index is 1550. The molecular weight excluding hydrogens is 793 g/mol. The predicted octanol–water partition coefficient (Wildman–Crippen LogP) is 7.83. The maximum atomic E-state index is 11.4. The second-order valence-electron chi connectivity index (χ2n) is 20.7. The second kappa shape index (κ2) is 25.3. The highest BCUT2D eigenvalue weighted by Crippen LogP contribution is 2.32. The minimum Gasteiger partial charge on any atom is -0.353 e. The van der Waals surface area contributed by atoms with Crippen molar-refractivity contribution in [3.8, 4) is 0 Å². The van der Waals surface area contributed by atoms with Gasteiger partial charge in [-0.2, -0.15) is 0 Å². The summed E-state index contributed by atoms with van der Waals surface area (Å²) in [4.78, 5) is 65.5. The van der Waals surface area contributed by atoms with Crippen LogP contribution in [-0.2, 0) is 28.8 Å². The summed E-state index contributed by atoms with van der Waals surface area (Å²) in [6, 6.07) is 2.55. The Morgan fingerprint density at radius 3 is 1.10 bits per heavy atom. The van der Waals surface area contributed by atoms with Crippen molar-refractivity contribution in [1.82, 2.24) is 31.9 Å². The molecule has 6 unspecified atom stereocenters. The molecule has 0 aromatic carbocycles. The van der Waals surface area contributed by atoms with E-state index in [1.165, 1.54) is 109 Å². The van der Waals surface area contributed by atoms with Crippen LogP contribution < -0.4 is 31.9 Å². The molecule has 63 heavy (non-hydrogen) atoms. The number of hydrogen-bond donors (Lipinski definition) is 6. The third kappa shape index (κ3) is 14.5. The summed E-state index contributed by atoms with van der Waals surface area (Å²) >= 11 is 0. The van der Waals surface area contributed by atoms with Crippen LogP contribution in [0.15, 0.2) is 12.2 Å². The number of allylic oxidation sites excluding steroid dienone is 2. The fourth-order valence-electron chi connectivity index (χ4n) is 11.3. The summed E-state index contributed by atoms with van der Waals surface area (Å²) in [6.07, 6.45) is 36.5. The molecular formula is C51H86N6O6. The molecule has 0 aromatic rings. The first-order valence-corrected chi connectivity index (χ1v) is 25.8. The number of fused-ring (bicyclic) bond motifs is 4. The fraction of sp³-hybridized carbons (Fsp3) is 0.843. The summed E-state index contributed by atoms with van der Waals surface area (Å²) in [6.45, 7) is 10.2. The zero-order valence-electron chi connectivity index (χ0n) is 39.8. The van der Waals surface area contributed by atoms with Crippen molar-refractivity contribution in [2.75, 3.05) is 0 Å². The van der Waals surface area contributed by atoms with Gasteiger partial charge in [0.2, 0.25) is 35.4 Å². The third-order valence-corrected chi connectivity index (χ3v) is 15.7. The highest BCUT2D eigenvalue weighted by Gasteiger charge is 2.45. The molecule has 4 aliphatic carbocycles. The van der Waals surface area contributed by atoms with Crippen molar-refractivity contribution < 1.29 is 28.8 Å². The minimum absolute atomic E-state index is 0.0613. The van der Waals surface area contributed by atoms with Crippen molar-refractivity contribution in [1.29, 1.82) is 0 Å². The molecule has 10 rings (SSSR count). The van der Waals surface area contributed by atoms with Crippen LogP contribution in [0.1, 0.15) is 202 Å². The lowest BCUT2D eigenvalue weighted by atomic mass is 9.77. The van der Waals surface area contributed by atoms with E-state index in [2.05, 4.69) is 57.9 Å². The predicted molar refractivity (Wildman–Crippen MR) is 249 cm³/mol. The van der Waals surface area contributed by atoms with Crippen molar-refractivity contribution in [3.05, 3.63) is 12.2 Å². The quantitative estimate of drug-likeness (QED) is 0.122. The first-order chi connectivity index (χ1) is 30.3. The molecule has 0 radical (unpaired) electrons. The largest absolute Gasteiger partial charge is 0.353 e. The monoisotopic (exact) mass is 879 g/mol. The number of β-lactam (4-membered cyclic amide) rings is 6. The molecule has 11 atom stereocenters. The van der Waals surface area contributed by atoms with Crippen LogP contribution in [-0.4, -0.2) is 71.2 Å². The van der Waals surface area contributed by atoms with Crippen molar-refractivity contribution >= 4 is 35.4 Å². The summed E-state index contributed by atoms with van der Waals surface area (Å²) in [5.74, 6) is 3.65. The van der Waals surface area contributed by atoms with Crippen LogP contribution in [0.3, 0.4) is 0 Å². The van der Waals surface area contributed by atoms with E-state index in [-0.39, 0.29) is 29.2 Å². The van der Waals surface area contributed by atoms with E-state index in [9.17, 15) is 28.8 Å². The molecule has 6 N–H and O–H groups in total. The first kappa shape index (κ1) is 50.6. The molecule has 10 aliphatic rings. The SMILES string of the molecule is CCC1C(=O)NC1(C)C.CCC1C(=O)N[C@H]1C.O=C1N[C@@H]2CC/C=C\CCC12.O=C1N[C@@H]2CCCCC12.O=C1N[C@@H]2CCCCCCC12.O=C1N[C@@H]2CCCCCCCCCCC12. The van der Waals surface area contributed by atoms with Gasteiger partial charge in [-0.1, -0.05) is 116 Å². The zero-order chi connectivity index (χ0) is 45.4. The van der Waals surface area contributed by atoms with E-state index in [0.29, 0.717) is 77.5 Å². The van der Waals surface area contributed by atoms with Gasteiger partial charge in [0.1, 0.15) is 0 Å². The van der Waals surface area contributed by atoms with Gasteiger partial charge in [0.05, 0.1) is 35.5 Å². The summed E-state index contributed by atoms with van der Waals surface area (Å²) in [5, 5.41) is 17.5. The van der Waals surface area contributed by atoms with Gasteiger partial charge in [0.25, 0.3) is 0 Å². The van der Waals surface area contributed by atoms with Gasteiger partial charge in [-0.15, -0.1) is 0 Å². The molecule has 0 bridgehead atoms. The third-order valence-electron chi connectivity index (χ3n) is 15.7. The van der Waals surface area contributed by atoms with Gasteiger partial charge in [0.15, 0.2) is 0 Å². The lowest BCUT2D eigenvalue weighted by molar-refractivity contribution is -0.140. The maximum Gasteiger partial charge on any atom is 0.225 e. The van der Waals surface area contributed by atoms with E-state index >= 15 is 0 Å². The number of amides is 6. The molecule has 0 aromatic heterocycles. The lowest BCUT2D eigenvalue weighted by Gasteiger charge is -2.43. The van der Waals surface area contributed by atoms with Crippen molar-refractivity contribution in [3.63, 3.8) is 0 Å². The molecule has 9 fully saturated rings. The molecule has 6 saturated heterocycles. The van der Waals surface area contributed by atoms with Crippen LogP contribution in [0, 0.1) is 35.5 Å². The molecule has 6 amide bonds. The molecule has 3 saturated carbocycles. The molecule has 12 nitrogen and oxygen atoms in total. The Balaban J connectivity index is 0.000000144.